The zero-order valence-corrected chi connectivity index (χ0v) is 20.4. The number of hydrogen-bond donors (Lipinski definition) is 2. The Morgan fingerprint density at radius 1 is 1.06 bits per heavy atom. The lowest BCUT2D eigenvalue weighted by Gasteiger charge is -2.19. The van der Waals surface area contributed by atoms with Gasteiger partial charge in [0.25, 0.3) is 0 Å². The summed E-state index contributed by atoms with van der Waals surface area (Å²) in [6, 6.07) is 9.26. The number of rotatable bonds is 10. The molecule has 2 aromatic rings. The second-order valence-electron chi connectivity index (χ2n) is 8.10. The predicted octanol–water partition coefficient (Wildman–Crippen LogP) is 7.57. The fourth-order valence-corrected chi connectivity index (χ4v) is 4.07. The van der Waals surface area contributed by atoms with Gasteiger partial charge in [0.05, 0.1) is 5.70 Å². The third kappa shape index (κ3) is 5.67. The van der Waals surface area contributed by atoms with Gasteiger partial charge in [0.15, 0.2) is 11.6 Å². The van der Waals surface area contributed by atoms with E-state index in [2.05, 4.69) is 69.8 Å². The number of halogens is 1. The average Bonchev–Trinajstić information content (AvgIpc) is 2.80. The van der Waals surface area contributed by atoms with Crippen molar-refractivity contribution in [3.63, 3.8) is 0 Å². The van der Waals surface area contributed by atoms with E-state index < -0.39 is 5.82 Å². The van der Waals surface area contributed by atoms with E-state index in [-0.39, 0.29) is 5.75 Å². The number of aromatic hydroxyl groups is 1. The molecule has 0 fully saturated rings. The maximum absolute atomic E-state index is 14.1. The Morgan fingerprint density at radius 2 is 1.78 bits per heavy atom. The molecule has 0 aliphatic carbocycles. The van der Waals surface area contributed by atoms with Crippen LogP contribution in [0.5, 0.6) is 5.75 Å². The minimum Gasteiger partial charge on any atom is -0.505 e. The first-order chi connectivity index (χ1) is 15.3. The number of benzene rings is 2. The maximum atomic E-state index is 14.1. The van der Waals surface area contributed by atoms with Gasteiger partial charge in [0, 0.05) is 12.2 Å². The molecule has 0 saturated heterocycles. The molecule has 0 radical (unpaired) electrons. The summed E-state index contributed by atoms with van der Waals surface area (Å²) < 4.78 is 14.1. The molecule has 4 heteroatoms. The summed E-state index contributed by atoms with van der Waals surface area (Å²) in [6.07, 6.45) is 3.41. The maximum Gasteiger partial charge on any atom is 0.165 e. The van der Waals surface area contributed by atoms with Crippen molar-refractivity contribution in [1.82, 2.24) is 5.32 Å². The molecule has 2 aromatic carbocycles. The number of nitrogens with zero attached hydrogens (tertiary/aromatic N) is 1. The van der Waals surface area contributed by atoms with Crippen molar-refractivity contribution in [1.29, 1.82) is 0 Å². The summed E-state index contributed by atoms with van der Waals surface area (Å²) in [7, 11) is 0. The molecule has 0 saturated carbocycles. The van der Waals surface area contributed by atoms with Crippen LogP contribution in [0, 0.1) is 12.7 Å². The van der Waals surface area contributed by atoms with E-state index in [0.29, 0.717) is 0 Å². The van der Waals surface area contributed by atoms with E-state index in [1.54, 1.807) is 0 Å². The minimum atomic E-state index is -0.591. The minimum absolute atomic E-state index is 0.297. The lowest BCUT2D eigenvalue weighted by molar-refractivity contribution is 0.432. The first-order valence-corrected chi connectivity index (χ1v) is 11.5. The summed E-state index contributed by atoms with van der Waals surface area (Å²) in [5.41, 5.74) is 9.80. The Kier molecular flexibility index (Phi) is 9.25. The van der Waals surface area contributed by atoms with Crippen LogP contribution in [0.15, 0.2) is 52.3 Å². The Balaban J connectivity index is 2.48. The second-order valence-corrected chi connectivity index (χ2v) is 8.10. The molecule has 0 unspecified atom stereocenters. The molecular formula is C28H37FN2O. The highest BCUT2D eigenvalue weighted by atomic mass is 19.1. The van der Waals surface area contributed by atoms with Gasteiger partial charge in [0.2, 0.25) is 0 Å². The van der Waals surface area contributed by atoms with Crippen LogP contribution in [0.25, 0.3) is 16.7 Å². The van der Waals surface area contributed by atoms with Crippen LogP contribution >= 0.6 is 0 Å². The van der Waals surface area contributed by atoms with Crippen molar-refractivity contribution >= 4 is 12.3 Å². The van der Waals surface area contributed by atoms with Crippen LogP contribution in [0.3, 0.4) is 0 Å². The lowest BCUT2D eigenvalue weighted by atomic mass is 9.90. The quantitative estimate of drug-likeness (QED) is 0.377. The summed E-state index contributed by atoms with van der Waals surface area (Å²) in [5.74, 6) is -0.888. The zero-order chi connectivity index (χ0) is 23.8. The highest BCUT2D eigenvalue weighted by Crippen LogP contribution is 2.33. The van der Waals surface area contributed by atoms with Crippen LogP contribution in [-0.2, 0) is 6.42 Å². The number of nitrogens with one attached hydrogen (secondary N) is 1. The van der Waals surface area contributed by atoms with Gasteiger partial charge in [-0.25, -0.2) is 4.39 Å². The highest BCUT2D eigenvalue weighted by molar-refractivity contribution is 5.77. The smallest absolute Gasteiger partial charge is 0.165 e. The topological polar surface area (TPSA) is 44.6 Å². The van der Waals surface area contributed by atoms with E-state index in [1.165, 1.54) is 28.8 Å². The van der Waals surface area contributed by atoms with Crippen molar-refractivity contribution in [2.45, 2.75) is 67.2 Å². The number of allylic oxidation sites excluding steroid dienone is 3. The molecular weight excluding hydrogens is 399 g/mol. The summed E-state index contributed by atoms with van der Waals surface area (Å²) in [6.45, 7) is 17.1. The predicted molar refractivity (Wildman–Crippen MR) is 136 cm³/mol. The molecule has 2 rings (SSSR count). The summed E-state index contributed by atoms with van der Waals surface area (Å²) in [5, 5.41) is 13.4. The molecule has 0 spiro atoms. The lowest BCUT2D eigenvalue weighted by Crippen LogP contribution is -2.18. The molecule has 172 valence electrons. The second kappa shape index (κ2) is 11.7. The molecule has 32 heavy (non-hydrogen) atoms. The first kappa shape index (κ1) is 25.4. The van der Waals surface area contributed by atoms with Gasteiger partial charge in [-0.05, 0) is 91.8 Å². The normalized spacial score (nSPS) is 12.8. The Morgan fingerprint density at radius 3 is 2.31 bits per heavy atom. The molecule has 2 N–H and O–H groups in total. The van der Waals surface area contributed by atoms with Crippen molar-refractivity contribution in [2.24, 2.45) is 4.99 Å². The SMILES string of the molecule is C=N/C(CC)=C(/CC)NC/C(=C(/C)CC)c1ccc(-c2cc(F)c(O)cc2CC)cc1C. The van der Waals surface area contributed by atoms with Crippen molar-refractivity contribution in [3.05, 3.63) is 69.8 Å². The van der Waals surface area contributed by atoms with Crippen LogP contribution < -0.4 is 5.32 Å². The van der Waals surface area contributed by atoms with Crippen LogP contribution in [0.4, 0.5) is 4.39 Å². The summed E-state index contributed by atoms with van der Waals surface area (Å²) >= 11 is 0. The van der Waals surface area contributed by atoms with Gasteiger partial charge in [-0.15, -0.1) is 0 Å². The van der Waals surface area contributed by atoms with Crippen molar-refractivity contribution < 1.29 is 9.50 Å². The van der Waals surface area contributed by atoms with Gasteiger partial charge in [-0.2, -0.15) is 0 Å². The molecule has 0 atom stereocenters. The standard InChI is InChI=1S/C28H37FN2O/c1-8-18(5)24(17-31-27(11-4)26(10-3)30-7)22-13-12-21(14-19(22)6)23-16-25(29)28(32)15-20(23)9-2/h12-16,31-32H,7-11,17H2,1-6H3/b24-18+,27-26-. The van der Waals surface area contributed by atoms with Gasteiger partial charge >= 0.3 is 0 Å². The fourth-order valence-electron chi connectivity index (χ4n) is 4.07. The fraction of sp³-hybridized carbons (Fsp3) is 0.393. The average molecular weight is 437 g/mol. The zero-order valence-electron chi connectivity index (χ0n) is 20.4. The molecule has 0 heterocycles. The Hall–Kier alpha value is -2.88. The third-order valence-corrected chi connectivity index (χ3v) is 6.17. The largest absolute Gasteiger partial charge is 0.505 e. The number of aryl methyl sites for hydroxylation is 2. The van der Waals surface area contributed by atoms with E-state index in [0.717, 1.165) is 65.9 Å². The monoisotopic (exact) mass is 436 g/mol. The van der Waals surface area contributed by atoms with Gasteiger partial charge in [-0.1, -0.05) is 51.5 Å². The third-order valence-electron chi connectivity index (χ3n) is 6.17. The Labute approximate surface area is 192 Å². The molecule has 0 aliphatic rings. The highest BCUT2D eigenvalue weighted by Gasteiger charge is 2.14. The van der Waals surface area contributed by atoms with Crippen LogP contribution in [0.2, 0.25) is 0 Å². The first-order valence-electron chi connectivity index (χ1n) is 11.5. The van der Waals surface area contributed by atoms with E-state index in [1.807, 2.05) is 6.92 Å². The van der Waals surface area contributed by atoms with E-state index in [4.69, 9.17) is 0 Å². The van der Waals surface area contributed by atoms with E-state index in [9.17, 15) is 9.50 Å². The number of phenols is 1. The van der Waals surface area contributed by atoms with Crippen molar-refractivity contribution in [3.8, 4) is 16.9 Å². The van der Waals surface area contributed by atoms with Crippen LogP contribution in [0.1, 0.15) is 70.6 Å². The molecule has 0 aliphatic heterocycles. The molecule has 3 nitrogen and oxygen atoms in total. The number of phenolic OH excluding ortho intramolecular Hbond substituents is 1. The van der Waals surface area contributed by atoms with E-state index >= 15 is 0 Å². The number of aliphatic imine (C=N–C) groups is 1. The molecule has 0 amide bonds. The van der Waals surface area contributed by atoms with Gasteiger partial charge in [-0.3, -0.25) is 4.99 Å². The summed E-state index contributed by atoms with van der Waals surface area (Å²) in [4.78, 5) is 4.19. The number of hydrogen-bond acceptors (Lipinski definition) is 3. The van der Waals surface area contributed by atoms with Crippen LogP contribution in [-0.4, -0.2) is 18.4 Å². The molecule has 0 aromatic heterocycles. The van der Waals surface area contributed by atoms with Gasteiger partial charge in [0.1, 0.15) is 0 Å². The van der Waals surface area contributed by atoms with Gasteiger partial charge < -0.3 is 10.4 Å². The molecule has 0 bridgehead atoms. The van der Waals surface area contributed by atoms with Crippen molar-refractivity contribution in [2.75, 3.05) is 6.54 Å². The Bertz CT molecular complexity index is 1030.